The van der Waals surface area contributed by atoms with Crippen LogP contribution < -0.4 is 10.6 Å². The molecule has 24 heavy (non-hydrogen) atoms. The minimum atomic E-state index is 0.0944. The van der Waals surface area contributed by atoms with Gasteiger partial charge in [0.25, 0.3) is 0 Å². The van der Waals surface area contributed by atoms with Crippen molar-refractivity contribution in [3.8, 4) is 0 Å². The van der Waals surface area contributed by atoms with E-state index in [0.29, 0.717) is 51.0 Å². The molecule has 1 saturated carbocycles. The van der Waals surface area contributed by atoms with Gasteiger partial charge in [-0.25, -0.2) is 0 Å². The summed E-state index contributed by atoms with van der Waals surface area (Å²) in [5.41, 5.74) is 0. The average Bonchev–Trinajstić information content (AvgIpc) is 3.35. The van der Waals surface area contributed by atoms with Crippen molar-refractivity contribution in [2.75, 3.05) is 39.8 Å². The van der Waals surface area contributed by atoms with E-state index in [1.807, 2.05) is 37.6 Å². The van der Waals surface area contributed by atoms with Gasteiger partial charge in [-0.15, -0.1) is 0 Å². The van der Waals surface area contributed by atoms with E-state index in [4.69, 9.17) is 0 Å². The van der Waals surface area contributed by atoms with Gasteiger partial charge in [0.15, 0.2) is 5.96 Å². The van der Waals surface area contributed by atoms with Crippen LogP contribution in [0, 0.1) is 0 Å². The standard InChI is InChI=1S/C17H33N5O2/c1-5-18-17(21(4)13-16(24)22(6-2)7-3)19-12-8-9-15(23)20-14-10-11-14/h14H,5-13H2,1-4H3,(H,18,19)(H,20,23). The molecule has 1 aliphatic carbocycles. The van der Waals surface area contributed by atoms with Crippen molar-refractivity contribution in [1.82, 2.24) is 20.4 Å². The predicted octanol–water partition coefficient (Wildman–Crippen LogP) is 0.811. The summed E-state index contributed by atoms with van der Waals surface area (Å²) < 4.78 is 0. The third kappa shape index (κ3) is 7.66. The zero-order valence-electron chi connectivity index (χ0n) is 15.6. The first kappa shape index (κ1) is 20.3. The molecule has 0 heterocycles. The maximum absolute atomic E-state index is 12.2. The molecule has 0 spiro atoms. The zero-order chi connectivity index (χ0) is 17.9. The molecule has 2 N–H and O–H groups in total. The molecular weight excluding hydrogens is 306 g/mol. The Bertz CT molecular complexity index is 431. The summed E-state index contributed by atoms with van der Waals surface area (Å²) in [6.45, 7) is 9.00. The number of rotatable bonds is 10. The molecule has 1 rings (SSSR count). The van der Waals surface area contributed by atoms with Gasteiger partial charge in [0.2, 0.25) is 11.8 Å². The fraction of sp³-hybridized carbons (Fsp3) is 0.824. The Hall–Kier alpha value is -1.79. The van der Waals surface area contributed by atoms with E-state index in [1.165, 1.54) is 0 Å². The van der Waals surface area contributed by atoms with Gasteiger partial charge in [-0.2, -0.15) is 0 Å². The lowest BCUT2D eigenvalue weighted by Gasteiger charge is -2.25. The van der Waals surface area contributed by atoms with Crippen LogP contribution in [0.2, 0.25) is 0 Å². The second kappa shape index (κ2) is 10.9. The summed E-state index contributed by atoms with van der Waals surface area (Å²) in [5, 5.41) is 6.18. The summed E-state index contributed by atoms with van der Waals surface area (Å²) >= 11 is 0. The molecule has 0 aliphatic heterocycles. The Labute approximate surface area is 145 Å². The van der Waals surface area contributed by atoms with Crippen LogP contribution in [0.25, 0.3) is 0 Å². The molecule has 2 amide bonds. The summed E-state index contributed by atoms with van der Waals surface area (Å²) in [5.74, 6) is 0.917. The van der Waals surface area contributed by atoms with Crippen molar-refractivity contribution in [2.45, 2.75) is 52.5 Å². The zero-order valence-corrected chi connectivity index (χ0v) is 15.6. The highest BCUT2D eigenvalue weighted by atomic mass is 16.2. The normalized spacial score (nSPS) is 14.2. The smallest absolute Gasteiger partial charge is 0.242 e. The molecule has 1 aliphatic rings. The molecule has 0 aromatic rings. The molecule has 0 aromatic carbocycles. The van der Waals surface area contributed by atoms with Crippen molar-refractivity contribution in [1.29, 1.82) is 0 Å². The lowest BCUT2D eigenvalue weighted by molar-refractivity contribution is -0.131. The summed E-state index contributed by atoms with van der Waals surface area (Å²) in [6, 6.07) is 0.413. The Morgan fingerprint density at radius 2 is 1.83 bits per heavy atom. The van der Waals surface area contributed by atoms with Crippen molar-refractivity contribution in [3.05, 3.63) is 0 Å². The first-order valence-electron chi connectivity index (χ1n) is 9.08. The minimum absolute atomic E-state index is 0.0944. The van der Waals surface area contributed by atoms with Gasteiger partial charge >= 0.3 is 0 Å². The fourth-order valence-corrected chi connectivity index (χ4v) is 2.38. The monoisotopic (exact) mass is 339 g/mol. The molecule has 0 aromatic heterocycles. The molecule has 7 heteroatoms. The van der Waals surface area contributed by atoms with Gasteiger partial charge in [0.1, 0.15) is 0 Å². The van der Waals surface area contributed by atoms with Crippen LogP contribution in [0.15, 0.2) is 4.99 Å². The lowest BCUT2D eigenvalue weighted by Crippen LogP contribution is -2.45. The van der Waals surface area contributed by atoms with Crippen molar-refractivity contribution >= 4 is 17.8 Å². The quantitative estimate of drug-likeness (QED) is 0.351. The van der Waals surface area contributed by atoms with Crippen LogP contribution >= 0.6 is 0 Å². The maximum Gasteiger partial charge on any atom is 0.242 e. The number of aliphatic imine (C=N–C) groups is 1. The second-order valence-electron chi connectivity index (χ2n) is 6.10. The van der Waals surface area contributed by atoms with E-state index in [1.54, 1.807) is 0 Å². The Kier molecular flexibility index (Phi) is 9.19. The average molecular weight is 339 g/mol. The summed E-state index contributed by atoms with van der Waals surface area (Å²) in [6.07, 6.45) is 3.44. The van der Waals surface area contributed by atoms with Crippen LogP contribution in [0.4, 0.5) is 0 Å². The number of carbonyl (C=O) groups excluding carboxylic acids is 2. The Morgan fingerprint density at radius 3 is 2.38 bits per heavy atom. The van der Waals surface area contributed by atoms with E-state index >= 15 is 0 Å². The van der Waals surface area contributed by atoms with Crippen LogP contribution in [0.1, 0.15) is 46.5 Å². The number of nitrogens with one attached hydrogen (secondary N) is 2. The minimum Gasteiger partial charge on any atom is -0.357 e. The highest BCUT2D eigenvalue weighted by molar-refractivity contribution is 5.86. The molecule has 0 radical (unpaired) electrons. The highest BCUT2D eigenvalue weighted by Gasteiger charge is 2.22. The van der Waals surface area contributed by atoms with E-state index in [0.717, 1.165) is 19.4 Å². The van der Waals surface area contributed by atoms with Gasteiger partial charge in [0.05, 0.1) is 6.54 Å². The van der Waals surface area contributed by atoms with Gasteiger partial charge < -0.3 is 20.4 Å². The molecule has 0 saturated heterocycles. The third-order valence-electron chi connectivity index (χ3n) is 3.95. The second-order valence-corrected chi connectivity index (χ2v) is 6.10. The predicted molar refractivity (Wildman–Crippen MR) is 96.9 cm³/mol. The number of hydrogen-bond acceptors (Lipinski definition) is 3. The highest BCUT2D eigenvalue weighted by Crippen LogP contribution is 2.18. The number of hydrogen-bond donors (Lipinski definition) is 2. The SMILES string of the molecule is CCNC(=NCCCC(=O)NC1CC1)N(C)CC(=O)N(CC)CC. The Balaban J connectivity index is 2.41. The number of likely N-dealkylation sites (N-methyl/N-ethyl adjacent to an activating group) is 2. The van der Waals surface area contributed by atoms with Gasteiger partial charge in [-0.1, -0.05) is 0 Å². The topological polar surface area (TPSA) is 77.0 Å². The van der Waals surface area contributed by atoms with E-state index < -0.39 is 0 Å². The van der Waals surface area contributed by atoms with Crippen LogP contribution in [-0.4, -0.2) is 73.4 Å². The molecule has 1 fully saturated rings. The molecule has 138 valence electrons. The first-order valence-corrected chi connectivity index (χ1v) is 9.08. The molecular formula is C17H33N5O2. The largest absolute Gasteiger partial charge is 0.357 e. The number of guanidine groups is 1. The van der Waals surface area contributed by atoms with Crippen LogP contribution in [0.5, 0.6) is 0 Å². The molecule has 7 nitrogen and oxygen atoms in total. The van der Waals surface area contributed by atoms with E-state index in [9.17, 15) is 9.59 Å². The van der Waals surface area contributed by atoms with Crippen molar-refractivity contribution in [2.24, 2.45) is 4.99 Å². The van der Waals surface area contributed by atoms with Crippen LogP contribution in [-0.2, 0) is 9.59 Å². The Morgan fingerprint density at radius 1 is 1.17 bits per heavy atom. The first-order chi connectivity index (χ1) is 11.5. The van der Waals surface area contributed by atoms with Crippen molar-refractivity contribution in [3.63, 3.8) is 0 Å². The fourth-order valence-electron chi connectivity index (χ4n) is 2.38. The van der Waals surface area contributed by atoms with Gasteiger partial charge in [-0.3, -0.25) is 14.6 Å². The maximum atomic E-state index is 12.2. The lowest BCUT2D eigenvalue weighted by atomic mass is 10.3. The van der Waals surface area contributed by atoms with E-state index in [-0.39, 0.29) is 11.8 Å². The molecule has 0 bridgehead atoms. The molecule has 0 unspecified atom stereocenters. The summed E-state index contributed by atoms with van der Waals surface area (Å²) in [7, 11) is 1.86. The van der Waals surface area contributed by atoms with Crippen LogP contribution in [0.3, 0.4) is 0 Å². The van der Waals surface area contributed by atoms with Crippen molar-refractivity contribution < 1.29 is 9.59 Å². The third-order valence-corrected chi connectivity index (χ3v) is 3.95. The molecule has 0 atom stereocenters. The van der Waals surface area contributed by atoms with Gasteiger partial charge in [-0.05, 0) is 40.0 Å². The number of nitrogens with zero attached hydrogens (tertiary/aromatic N) is 3. The number of carbonyl (C=O) groups is 2. The van der Waals surface area contributed by atoms with E-state index in [2.05, 4.69) is 15.6 Å². The summed E-state index contributed by atoms with van der Waals surface area (Å²) in [4.78, 5) is 32.0. The van der Waals surface area contributed by atoms with Gasteiger partial charge in [0, 0.05) is 45.7 Å². The number of amides is 2.